The Labute approximate surface area is 134 Å². The lowest BCUT2D eigenvalue weighted by atomic mass is 9.96. The summed E-state index contributed by atoms with van der Waals surface area (Å²) >= 11 is 0. The van der Waals surface area contributed by atoms with Crippen molar-refractivity contribution < 1.29 is 9.84 Å². The fraction of sp³-hybridized carbons (Fsp3) is 0.667. The quantitative estimate of drug-likeness (QED) is 0.799. The molecule has 1 aromatic rings. The van der Waals surface area contributed by atoms with Gasteiger partial charge in [0.25, 0.3) is 0 Å². The fourth-order valence-electron chi connectivity index (χ4n) is 2.87. The minimum absolute atomic E-state index is 0.515. The van der Waals surface area contributed by atoms with Crippen LogP contribution in [0.5, 0.6) is 5.75 Å². The molecule has 0 unspecified atom stereocenters. The number of aliphatic hydroxyl groups is 1. The number of hydrogen-bond donors (Lipinski definition) is 1. The first-order valence-electron chi connectivity index (χ1n) is 8.50. The number of benzene rings is 1. The highest BCUT2D eigenvalue weighted by Gasteiger charge is 2.27. The molecule has 2 rings (SSSR count). The first kappa shape index (κ1) is 17.3. The van der Waals surface area contributed by atoms with E-state index in [4.69, 9.17) is 4.74 Å². The van der Waals surface area contributed by atoms with Crippen molar-refractivity contribution in [3.05, 3.63) is 30.3 Å². The lowest BCUT2D eigenvalue weighted by Gasteiger charge is -2.39. The van der Waals surface area contributed by atoms with E-state index < -0.39 is 5.60 Å². The van der Waals surface area contributed by atoms with Crippen LogP contribution in [0.25, 0.3) is 0 Å². The molecular formula is C18H30N2O2. The highest BCUT2D eigenvalue weighted by molar-refractivity contribution is 5.20. The molecule has 0 amide bonds. The molecule has 0 radical (unpaired) electrons. The van der Waals surface area contributed by atoms with Gasteiger partial charge < -0.3 is 9.84 Å². The Morgan fingerprint density at radius 3 is 2.18 bits per heavy atom. The van der Waals surface area contributed by atoms with E-state index in [0.717, 1.165) is 64.5 Å². The Balaban J connectivity index is 1.65. The van der Waals surface area contributed by atoms with E-state index in [2.05, 4.69) is 23.6 Å². The SMILES string of the molecule is CCC(O)(CC)CN1CCN(CCOc2ccccc2)CC1. The summed E-state index contributed by atoms with van der Waals surface area (Å²) in [6.45, 7) is 10.8. The summed E-state index contributed by atoms with van der Waals surface area (Å²) in [5.74, 6) is 0.942. The van der Waals surface area contributed by atoms with E-state index >= 15 is 0 Å². The van der Waals surface area contributed by atoms with Crippen LogP contribution >= 0.6 is 0 Å². The number of para-hydroxylation sites is 1. The molecule has 0 aromatic heterocycles. The van der Waals surface area contributed by atoms with E-state index in [-0.39, 0.29) is 0 Å². The van der Waals surface area contributed by atoms with Crippen molar-refractivity contribution in [2.75, 3.05) is 45.9 Å². The maximum absolute atomic E-state index is 10.4. The molecule has 0 bridgehead atoms. The largest absolute Gasteiger partial charge is 0.492 e. The van der Waals surface area contributed by atoms with Gasteiger partial charge in [-0.25, -0.2) is 0 Å². The van der Waals surface area contributed by atoms with E-state index in [1.165, 1.54) is 0 Å². The van der Waals surface area contributed by atoms with E-state index in [1.807, 2.05) is 30.3 Å². The van der Waals surface area contributed by atoms with Gasteiger partial charge in [-0.1, -0.05) is 32.0 Å². The lowest BCUT2D eigenvalue weighted by molar-refractivity contribution is -0.0162. The van der Waals surface area contributed by atoms with E-state index in [9.17, 15) is 5.11 Å². The van der Waals surface area contributed by atoms with Crippen molar-refractivity contribution in [3.8, 4) is 5.75 Å². The molecule has 22 heavy (non-hydrogen) atoms. The van der Waals surface area contributed by atoms with Crippen LogP contribution in [0.1, 0.15) is 26.7 Å². The molecule has 0 atom stereocenters. The van der Waals surface area contributed by atoms with Crippen LogP contribution in [0.4, 0.5) is 0 Å². The molecule has 0 saturated carbocycles. The van der Waals surface area contributed by atoms with Crippen molar-refractivity contribution in [1.82, 2.24) is 9.80 Å². The monoisotopic (exact) mass is 306 g/mol. The third-order valence-electron chi connectivity index (χ3n) is 4.72. The molecule has 1 fully saturated rings. The van der Waals surface area contributed by atoms with E-state index in [1.54, 1.807) is 0 Å². The van der Waals surface area contributed by atoms with Gasteiger partial charge in [0.1, 0.15) is 12.4 Å². The van der Waals surface area contributed by atoms with E-state index in [0.29, 0.717) is 0 Å². The molecule has 0 spiro atoms. The zero-order valence-corrected chi connectivity index (χ0v) is 14.0. The second-order valence-electron chi connectivity index (χ2n) is 6.21. The molecule has 4 nitrogen and oxygen atoms in total. The first-order chi connectivity index (χ1) is 10.6. The normalized spacial score (nSPS) is 17.6. The van der Waals surface area contributed by atoms with Crippen molar-refractivity contribution in [1.29, 1.82) is 0 Å². The molecule has 1 heterocycles. The van der Waals surface area contributed by atoms with Crippen LogP contribution < -0.4 is 4.74 Å². The summed E-state index contributed by atoms with van der Waals surface area (Å²) in [7, 11) is 0. The molecule has 1 saturated heterocycles. The second kappa shape index (κ2) is 8.51. The minimum Gasteiger partial charge on any atom is -0.492 e. The van der Waals surface area contributed by atoms with Crippen molar-refractivity contribution in [2.45, 2.75) is 32.3 Å². The summed E-state index contributed by atoms with van der Waals surface area (Å²) in [6.07, 6.45) is 1.66. The number of β-amino-alcohol motifs (C(OH)–C–C–N with tert-alkyl or cyclic N) is 1. The summed E-state index contributed by atoms with van der Waals surface area (Å²) in [6, 6.07) is 9.98. The van der Waals surface area contributed by atoms with Crippen molar-refractivity contribution in [2.24, 2.45) is 0 Å². The molecule has 124 valence electrons. The molecule has 4 heteroatoms. The Kier molecular flexibility index (Phi) is 6.68. The zero-order chi connectivity index (χ0) is 15.8. The Morgan fingerprint density at radius 1 is 1.00 bits per heavy atom. The highest BCUT2D eigenvalue weighted by atomic mass is 16.5. The minimum atomic E-state index is -0.515. The van der Waals surface area contributed by atoms with Gasteiger partial charge in [-0.15, -0.1) is 0 Å². The third-order valence-corrected chi connectivity index (χ3v) is 4.72. The lowest BCUT2D eigenvalue weighted by Crippen LogP contribution is -2.52. The maximum atomic E-state index is 10.4. The molecule has 1 aliphatic heterocycles. The number of hydrogen-bond acceptors (Lipinski definition) is 4. The smallest absolute Gasteiger partial charge is 0.119 e. The summed E-state index contributed by atoms with van der Waals surface area (Å²) < 4.78 is 5.76. The first-order valence-corrected chi connectivity index (χ1v) is 8.50. The number of rotatable bonds is 8. The zero-order valence-electron chi connectivity index (χ0n) is 14.0. The van der Waals surface area contributed by atoms with Gasteiger partial charge in [0.05, 0.1) is 5.60 Å². The standard InChI is InChI=1S/C18H30N2O2/c1-3-18(21,4-2)16-20-12-10-19(11-13-20)14-15-22-17-8-6-5-7-9-17/h5-9,21H,3-4,10-16H2,1-2H3. The molecule has 1 N–H and O–H groups in total. The molecule has 1 aromatic carbocycles. The molecule has 0 aliphatic carbocycles. The van der Waals surface area contributed by atoms with Gasteiger partial charge in [-0.3, -0.25) is 9.80 Å². The van der Waals surface area contributed by atoms with Gasteiger partial charge in [0.2, 0.25) is 0 Å². The summed E-state index contributed by atoms with van der Waals surface area (Å²) in [4.78, 5) is 4.83. The van der Waals surface area contributed by atoms with Crippen LogP contribution in [-0.2, 0) is 0 Å². The Morgan fingerprint density at radius 2 is 1.59 bits per heavy atom. The number of ether oxygens (including phenoxy) is 1. The van der Waals surface area contributed by atoms with Gasteiger partial charge in [-0.05, 0) is 25.0 Å². The van der Waals surface area contributed by atoms with Gasteiger partial charge in [0.15, 0.2) is 0 Å². The van der Waals surface area contributed by atoms with Crippen LogP contribution in [0.3, 0.4) is 0 Å². The average Bonchev–Trinajstić information content (AvgIpc) is 2.57. The van der Waals surface area contributed by atoms with Crippen LogP contribution in [0, 0.1) is 0 Å². The average molecular weight is 306 g/mol. The Hall–Kier alpha value is -1.10. The molecular weight excluding hydrogens is 276 g/mol. The van der Waals surface area contributed by atoms with Gasteiger partial charge in [-0.2, -0.15) is 0 Å². The van der Waals surface area contributed by atoms with Crippen molar-refractivity contribution >= 4 is 0 Å². The summed E-state index contributed by atoms with van der Waals surface area (Å²) in [5.41, 5.74) is -0.515. The number of piperazine rings is 1. The van der Waals surface area contributed by atoms with Crippen molar-refractivity contribution in [3.63, 3.8) is 0 Å². The maximum Gasteiger partial charge on any atom is 0.119 e. The number of nitrogens with zero attached hydrogens (tertiary/aromatic N) is 2. The van der Waals surface area contributed by atoms with Crippen LogP contribution in [-0.4, -0.2) is 66.4 Å². The van der Waals surface area contributed by atoms with Crippen LogP contribution in [0.2, 0.25) is 0 Å². The highest BCUT2D eigenvalue weighted by Crippen LogP contribution is 2.17. The Bertz CT molecular complexity index is 412. The predicted octanol–water partition coefficient (Wildman–Crippen LogP) is 2.23. The second-order valence-corrected chi connectivity index (χ2v) is 6.21. The third kappa shape index (κ3) is 5.27. The summed E-state index contributed by atoms with van der Waals surface area (Å²) in [5, 5.41) is 10.4. The van der Waals surface area contributed by atoms with Crippen LogP contribution in [0.15, 0.2) is 30.3 Å². The van der Waals surface area contributed by atoms with Gasteiger partial charge >= 0.3 is 0 Å². The molecule has 1 aliphatic rings. The van der Waals surface area contributed by atoms with Gasteiger partial charge in [0, 0.05) is 39.3 Å². The fourth-order valence-corrected chi connectivity index (χ4v) is 2.87. The predicted molar refractivity (Wildman–Crippen MR) is 90.3 cm³/mol. The topological polar surface area (TPSA) is 35.9 Å².